The predicted molar refractivity (Wildman–Crippen MR) is 82.4 cm³/mol. The van der Waals surface area contributed by atoms with Crippen LogP contribution in [0.1, 0.15) is 37.7 Å². The minimum absolute atomic E-state index is 0.396. The Morgan fingerprint density at radius 2 is 2.14 bits per heavy atom. The Labute approximate surface area is 127 Å². The lowest BCUT2D eigenvalue weighted by molar-refractivity contribution is -0.0366. The molecule has 0 amide bonds. The van der Waals surface area contributed by atoms with Gasteiger partial charge in [0.25, 0.3) is 0 Å². The number of hydrogen-bond acceptors (Lipinski definition) is 4. The summed E-state index contributed by atoms with van der Waals surface area (Å²) in [5.74, 6) is 0.684. The number of piperidine rings is 1. The molecule has 0 aromatic carbocycles. The van der Waals surface area contributed by atoms with Crippen molar-refractivity contribution < 1.29 is 9.47 Å². The summed E-state index contributed by atoms with van der Waals surface area (Å²) in [6.45, 7) is 3.33. The van der Waals surface area contributed by atoms with E-state index in [4.69, 9.17) is 9.47 Å². The molecule has 2 aliphatic rings. The third-order valence-electron chi connectivity index (χ3n) is 5.21. The highest BCUT2D eigenvalue weighted by Gasteiger charge is 2.45. The molecule has 1 aliphatic heterocycles. The van der Waals surface area contributed by atoms with Crippen LogP contribution in [0.5, 0.6) is 5.88 Å². The maximum Gasteiger partial charge on any atom is 0.212 e. The Morgan fingerprint density at radius 3 is 2.86 bits per heavy atom. The van der Waals surface area contributed by atoms with E-state index in [2.05, 4.69) is 16.0 Å². The van der Waals surface area contributed by atoms with E-state index >= 15 is 0 Å². The van der Waals surface area contributed by atoms with Gasteiger partial charge >= 0.3 is 0 Å². The third-order valence-corrected chi connectivity index (χ3v) is 5.21. The molecule has 1 saturated carbocycles. The molecule has 1 aromatic heterocycles. The van der Waals surface area contributed by atoms with Gasteiger partial charge < -0.3 is 9.47 Å². The monoisotopic (exact) mass is 290 g/mol. The average Bonchev–Trinajstić information content (AvgIpc) is 2.90. The summed E-state index contributed by atoms with van der Waals surface area (Å²) in [6, 6.07) is 4.07. The highest BCUT2D eigenvalue weighted by atomic mass is 16.5. The molecule has 3 rings (SSSR count). The van der Waals surface area contributed by atoms with Gasteiger partial charge in [-0.2, -0.15) is 0 Å². The standard InChI is InChI=1S/C17H26N2O2/c1-20-15-5-3-8-17(15)9-4-10-19(13-17)12-14-6-7-16(21-2)18-11-14/h6-7,11,15H,3-5,8-10,12-13H2,1-2H3/t15-,17+/m1/s1. The Hall–Kier alpha value is -1.13. The van der Waals surface area contributed by atoms with E-state index in [1.165, 1.54) is 44.2 Å². The molecule has 0 N–H and O–H groups in total. The van der Waals surface area contributed by atoms with E-state index in [-0.39, 0.29) is 0 Å². The molecule has 116 valence electrons. The molecular weight excluding hydrogens is 264 g/mol. The normalized spacial score (nSPS) is 29.9. The van der Waals surface area contributed by atoms with Crippen LogP contribution in [-0.2, 0) is 11.3 Å². The predicted octanol–water partition coefficient (Wildman–Crippen LogP) is 2.87. The maximum absolute atomic E-state index is 5.78. The number of hydrogen-bond donors (Lipinski definition) is 0. The number of likely N-dealkylation sites (tertiary alicyclic amines) is 1. The van der Waals surface area contributed by atoms with Gasteiger partial charge in [-0.1, -0.05) is 12.5 Å². The van der Waals surface area contributed by atoms with Crippen molar-refractivity contribution in [2.45, 2.75) is 44.8 Å². The molecular formula is C17H26N2O2. The molecule has 4 nitrogen and oxygen atoms in total. The summed E-state index contributed by atoms with van der Waals surface area (Å²) in [7, 11) is 3.53. The second-order valence-corrected chi connectivity index (χ2v) is 6.50. The average molecular weight is 290 g/mol. The Morgan fingerprint density at radius 1 is 1.29 bits per heavy atom. The molecule has 0 radical (unpaired) electrons. The van der Waals surface area contributed by atoms with Crippen molar-refractivity contribution in [3.63, 3.8) is 0 Å². The summed E-state index contributed by atoms with van der Waals surface area (Å²) in [4.78, 5) is 6.88. The lowest BCUT2D eigenvalue weighted by atomic mass is 9.76. The van der Waals surface area contributed by atoms with Gasteiger partial charge in [0.2, 0.25) is 5.88 Å². The smallest absolute Gasteiger partial charge is 0.212 e. The summed E-state index contributed by atoms with van der Waals surface area (Å²) in [5.41, 5.74) is 1.66. The van der Waals surface area contributed by atoms with Crippen LogP contribution in [-0.4, -0.2) is 43.3 Å². The molecule has 1 saturated heterocycles. The Bertz CT molecular complexity index is 462. The van der Waals surface area contributed by atoms with Gasteiger partial charge in [0.1, 0.15) is 0 Å². The van der Waals surface area contributed by atoms with E-state index in [9.17, 15) is 0 Å². The van der Waals surface area contributed by atoms with E-state index in [0.717, 1.165) is 13.1 Å². The van der Waals surface area contributed by atoms with Crippen molar-refractivity contribution >= 4 is 0 Å². The highest BCUT2D eigenvalue weighted by molar-refractivity contribution is 5.17. The molecule has 2 fully saturated rings. The third kappa shape index (κ3) is 3.06. The molecule has 4 heteroatoms. The van der Waals surface area contributed by atoms with E-state index in [1.807, 2.05) is 19.4 Å². The lowest BCUT2D eigenvalue weighted by Crippen LogP contribution is -2.47. The zero-order valence-electron chi connectivity index (χ0n) is 13.2. The summed E-state index contributed by atoms with van der Waals surface area (Å²) >= 11 is 0. The van der Waals surface area contributed by atoms with Crippen LogP contribution < -0.4 is 4.74 Å². The maximum atomic E-state index is 5.78. The molecule has 2 heterocycles. The van der Waals surface area contributed by atoms with Gasteiger partial charge in [0, 0.05) is 37.9 Å². The molecule has 2 atom stereocenters. The highest BCUT2D eigenvalue weighted by Crippen LogP contribution is 2.46. The van der Waals surface area contributed by atoms with Crippen LogP contribution in [0.2, 0.25) is 0 Å². The van der Waals surface area contributed by atoms with Crippen LogP contribution in [0.25, 0.3) is 0 Å². The van der Waals surface area contributed by atoms with Gasteiger partial charge in [0.05, 0.1) is 13.2 Å². The molecule has 0 unspecified atom stereocenters. The second-order valence-electron chi connectivity index (χ2n) is 6.50. The van der Waals surface area contributed by atoms with Crippen molar-refractivity contribution in [1.29, 1.82) is 0 Å². The largest absolute Gasteiger partial charge is 0.481 e. The topological polar surface area (TPSA) is 34.6 Å². The van der Waals surface area contributed by atoms with Gasteiger partial charge in [-0.3, -0.25) is 4.90 Å². The summed E-state index contributed by atoms with van der Waals surface area (Å²) < 4.78 is 10.9. The van der Waals surface area contributed by atoms with Gasteiger partial charge in [-0.05, 0) is 37.8 Å². The van der Waals surface area contributed by atoms with E-state index in [0.29, 0.717) is 17.4 Å². The van der Waals surface area contributed by atoms with Crippen molar-refractivity contribution in [2.75, 3.05) is 27.3 Å². The van der Waals surface area contributed by atoms with Gasteiger partial charge in [-0.25, -0.2) is 4.98 Å². The SMILES string of the molecule is COc1ccc(CN2CCC[C@@]3(CCC[C@H]3OC)C2)cn1. The zero-order valence-corrected chi connectivity index (χ0v) is 13.2. The fourth-order valence-corrected chi connectivity index (χ4v) is 4.22. The molecule has 0 bridgehead atoms. The van der Waals surface area contributed by atoms with Crippen LogP contribution >= 0.6 is 0 Å². The second kappa shape index (κ2) is 6.32. The quantitative estimate of drug-likeness (QED) is 0.854. The first kappa shape index (κ1) is 14.8. The molecule has 1 spiro atoms. The number of ether oxygens (including phenoxy) is 2. The first-order valence-corrected chi connectivity index (χ1v) is 8.00. The zero-order chi connectivity index (χ0) is 14.7. The van der Waals surface area contributed by atoms with Crippen molar-refractivity contribution in [3.05, 3.63) is 23.9 Å². The van der Waals surface area contributed by atoms with Crippen LogP contribution in [0.15, 0.2) is 18.3 Å². The molecule has 1 aliphatic carbocycles. The number of pyridine rings is 1. The van der Waals surface area contributed by atoms with Gasteiger partial charge in [-0.15, -0.1) is 0 Å². The fraction of sp³-hybridized carbons (Fsp3) is 0.706. The summed E-state index contributed by atoms with van der Waals surface area (Å²) in [5, 5.41) is 0. The minimum Gasteiger partial charge on any atom is -0.481 e. The van der Waals surface area contributed by atoms with Crippen LogP contribution in [0.4, 0.5) is 0 Å². The van der Waals surface area contributed by atoms with Gasteiger partial charge in [0.15, 0.2) is 0 Å². The minimum atomic E-state index is 0.396. The number of aromatic nitrogens is 1. The van der Waals surface area contributed by atoms with Crippen molar-refractivity contribution in [2.24, 2.45) is 5.41 Å². The van der Waals surface area contributed by atoms with Crippen molar-refractivity contribution in [1.82, 2.24) is 9.88 Å². The summed E-state index contributed by atoms with van der Waals surface area (Å²) in [6.07, 6.45) is 8.86. The Balaban J connectivity index is 1.65. The first-order valence-electron chi connectivity index (χ1n) is 8.00. The molecule has 1 aromatic rings. The lowest BCUT2D eigenvalue weighted by Gasteiger charge is -2.43. The van der Waals surface area contributed by atoms with Crippen LogP contribution in [0, 0.1) is 5.41 Å². The van der Waals surface area contributed by atoms with Crippen LogP contribution in [0.3, 0.4) is 0 Å². The Kier molecular flexibility index (Phi) is 4.45. The molecule has 21 heavy (non-hydrogen) atoms. The number of nitrogens with zero attached hydrogens (tertiary/aromatic N) is 2. The van der Waals surface area contributed by atoms with Crippen molar-refractivity contribution in [3.8, 4) is 5.88 Å². The first-order chi connectivity index (χ1) is 10.3. The fourth-order valence-electron chi connectivity index (χ4n) is 4.22. The van der Waals surface area contributed by atoms with E-state index < -0.39 is 0 Å². The number of rotatable bonds is 4. The number of methoxy groups -OCH3 is 2. The van der Waals surface area contributed by atoms with E-state index in [1.54, 1.807) is 7.11 Å².